The van der Waals surface area contributed by atoms with Crippen molar-refractivity contribution in [2.75, 3.05) is 18.4 Å². The number of halogens is 3. The van der Waals surface area contributed by atoms with Gasteiger partial charge in [-0.3, -0.25) is 9.69 Å². The lowest BCUT2D eigenvalue weighted by molar-refractivity contribution is -0.137. The standard InChI is InChI=1S/C24H27F3N6O/c1-2-23(17-29-21-9-8-20(14-28-21)24(25,26)27)10-3-4-13-32(23)15-18-6-5-7-19(16-34)22(18)33-30-11-12-31-33/h5-9,11-12,14,16H,2-4,10,13,15,17H2,1H3,(H,28,29)/t23-/m0/s1. The van der Waals surface area contributed by atoms with Crippen LogP contribution in [0.15, 0.2) is 48.9 Å². The van der Waals surface area contributed by atoms with Crippen LogP contribution in [0.25, 0.3) is 5.69 Å². The van der Waals surface area contributed by atoms with Gasteiger partial charge in [0, 0.05) is 30.4 Å². The Kier molecular flexibility index (Phi) is 6.97. The van der Waals surface area contributed by atoms with Gasteiger partial charge < -0.3 is 5.32 Å². The number of alkyl halides is 3. The molecule has 1 aromatic carbocycles. The predicted octanol–water partition coefficient (Wildman–Crippen LogP) is 4.74. The number of rotatable bonds is 8. The molecule has 0 amide bonds. The van der Waals surface area contributed by atoms with Crippen LogP contribution in [0, 0.1) is 0 Å². The molecule has 4 rings (SSSR count). The lowest BCUT2D eigenvalue weighted by Crippen LogP contribution is -2.55. The molecule has 1 fully saturated rings. The number of nitrogens with zero attached hydrogens (tertiary/aromatic N) is 5. The van der Waals surface area contributed by atoms with E-state index in [1.165, 1.54) is 10.9 Å². The fraction of sp³-hybridized carbons (Fsp3) is 0.417. The van der Waals surface area contributed by atoms with Gasteiger partial charge in [-0.05, 0) is 49.6 Å². The van der Waals surface area contributed by atoms with Crippen LogP contribution in [-0.2, 0) is 12.7 Å². The molecule has 1 saturated heterocycles. The Morgan fingerprint density at radius 3 is 2.59 bits per heavy atom. The van der Waals surface area contributed by atoms with Crippen LogP contribution in [0.5, 0.6) is 0 Å². The quantitative estimate of drug-likeness (QED) is 0.478. The van der Waals surface area contributed by atoms with Crippen molar-refractivity contribution in [3.05, 3.63) is 65.6 Å². The molecule has 7 nitrogen and oxygen atoms in total. The van der Waals surface area contributed by atoms with E-state index >= 15 is 0 Å². The molecule has 10 heteroatoms. The number of benzene rings is 1. The van der Waals surface area contributed by atoms with Crippen molar-refractivity contribution in [3.8, 4) is 5.69 Å². The number of aldehydes is 1. The zero-order valence-corrected chi connectivity index (χ0v) is 18.9. The summed E-state index contributed by atoms with van der Waals surface area (Å²) in [6.45, 7) is 4.13. The van der Waals surface area contributed by atoms with Crippen molar-refractivity contribution in [1.29, 1.82) is 0 Å². The first kappa shape index (κ1) is 23.9. The van der Waals surface area contributed by atoms with E-state index in [-0.39, 0.29) is 5.54 Å². The lowest BCUT2D eigenvalue weighted by atomic mass is 9.83. The number of piperidine rings is 1. The first-order chi connectivity index (χ1) is 16.4. The summed E-state index contributed by atoms with van der Waals surface area (Å²) in [5.74, 6) is 0.413. The summed E-state index contributed by atoms with van der Waals surface area (Å²) < 4.78 is 38.6. The van der Waals surface area contributed by atoms with Gasteiger partial charge in [-0.25, -0.2) is 4.98 Å². The Hall–Kier alpha value is -3.27. The summed E-state index contributed by atoms with van der Waals surface area (Å²) >= 11 is 0. The number of carbonyl (C=O) groups excluding carboxylic acids is 1. The number of hydrogen-bond acceptors (Lipinski definition) is 6. The van der Waals surface area contributed by atoms with Gasteiger partial charge in [-0.1, -0.05) is 25.5 Å². The fourth-order valence-corrected chi connectivity index (χ4v) is 4.66. The van der Waals surface area contributed by atoms with Crippen LogP contribution in [0.4, 0.5) is 19.0 Å². The molecule has 3 aromatic rings. The number of carbonyl (C=O) groups is 1. The van der Waals surface area contributed by atoms with Crippen molar-refractivity contribution in [1.82, 2.24) is 24.9 Å². The Morgan fingerprint density at radius 1 is 1.15 bits per heavy atom. The Morgan fingerprint density at radius 2 is 1.94 bits per heavy atom. The molecule has 1 aliphatic heterocycles. The molecule has 0 spiro atoms. The maximum Gasteiger partial charge on any atom is 0.417 e. The third-order valence-electron chi connectivity index (χ3n) is 6.60. The number of likely N-dealkylation sites (tertiary alicyclic amines) is 1. The first-order valence-electron chi connectivity index (χ1n) is 11.3. The van der Waals surface area contributed by atoms with Gasteiger partial charge in [0.25, 0.3) is 0 Å². The monoisotopic (exact) mass is 472 g/mol. The molecular formula is C24H27F3N6O. The van der Waals surface area contributed by atoms with Gasteiger partial charge >= 0.3 is 6.18 Å². The highest BCUT2D eigenvalue weighted by molar-refractivity contribution is 5.81. The molecule has 0 saturated carbocycles. The fourth-order valence-electron chi connectivity index (χ4n) is 4.66. The highest BCUT2D eigenvalue weighted by Gasteiger charge is 2.38. The molecule has 0 bridgehead atoms. The molecule has 0 aliphatic carbocycles. The largest absolute Gasteiger partial charge is 0.417 e. The van der Waals surface area contributed by atoms with Crippen molar-refractivity contribution in [2.24, 2.45) is 0 Å². The van der Waals surface area contributed by atoms with Crippen molar-refractivity contribution < 1.29 is 18.0 Å². The summed E-state index contributed by atoms with van der Waals surface area (Å²) in [5.41, 5.74) is 1.13. The van der Waals surface area contributed by atoms with Crippen LogP contribution < -0.4 is 5.32 Å². The van der Waals surface area contributed by atoms with Crippen molar-refractivity contribution in [2.45, 2.75) is 50.9 Å². The summed E-state index contributed by atoms with van der Waals surface area (Å²) in [7, 11) is 0. The molecule has 2 aromatic heterocycles. The second kappa shape index (κ2) is 9.92. The minimum absolute atomic E-state index is 0.214. The Bertz CT molecular complexity index is 1100. The topological polar surface area (TPSA) is 75.9 Å². The third-order valence-corrected chi connectivity index (χ3v) is 6.60. The third kappa shape index (κ3) is 4.96. The summed E-state index contributed by atoms with van der Waals surface area (Å²) in [6, 6.07) is 7.99. The number of anilines is 1. The highest BCUT2D eigenvalue weighted by atomic mass is 19.4. The maximum atomic E-state index is 12.9. The minimum atomic E-state index is -4.41. The zero-order valence-electron chi connectivity index (χ0n) is 18.9. The van der Waals surface area contributed by atoms with Gasteiger partial charge in [0.1, 0.15) is 11.5 Å². The van der Waals surface area contributed by atoms with Crippen LogP contribution >= 0.6 is 0 Å². The lowest BCUT2D eigenvalue weighted by Gasteiger charge is -2.47. The number of para-hydroxylation sites is 1. The molecule has 1 N–H and O–H groups in total. The number of aromatic nitrogens is 4. The summed E-state index contributed by atoms with van der Waals surface area (Å²) in [4.78, 5) is 19.6. The highest BCUT2D eigenvalue weighted by Crippen LogP contribution is 2.34. The normalized spacial score (nSPS) is 19.2. The zero-order chi connectivity index (χ0) is 24.2. The molecule has 34 heavy (non-hydrogen) atoms. The molecule has 3 heterocycles. The van der Waals surface area contributed by atoms with E-state index in [4.69, 9.17) is 0 Å². The first-order valence-corrected chi connectivity index (χ1v) is 11.3. The predicted molar refractivity (Wildman–Crippen MR) is 122 cm³/mol. The molecule has 1 aliphatic rings. The number of hydrogen-bond donors (Lipinski definition) is 1. The van der Waals surface area contributed by atoms with Gasteiger partial charge in [0.05, 0.1) is 18.0 Å². The Balaban J connectivity index is 1.57. The molecule has 0 unspecified atom stereocenters. The van der Waals surface area contributed by atoms with E-state index in [9.17, 15) is 18.0 Å². The average molecular weight is 473 g/mol. The molecule has 1 atom stereocenters. The van der Waals surface area contributed by atoms with E-state index in [2.05, 4.69) is 32.3 Å². The Labute approximate surface area is 196 Å². The van der Waals surface area contributed by atoms with Gasteiger partial charge in [0.2, 0.25) is 0 Å². The van der Waals surface area contributed by atoms with Crippen molar-refractivity contribution in [3.63, 3.8) is 0 Å². The van der Waals surface area contributed by atoms with Crippen LogP contribution in [0.2, 0.25) is 0 Å². The second-order valence-corrected chi connectivity index (χ2v) is 8.53. The van der Waals surface area contributed by atoms with Crippen LogP contribution in [-0.4, -0.2) is 49.8 Å². The summed E-state index contributed by atoms with van der Waals surface area (Å²) in [6.07, 6.45) is 4.30. The van der Waals surface area contributed by atoms with Gasteiger partial charge in [-0.2, -0.15) is 28.2 Å². The van der Waals surface area contributed by atoms with E-state index < -0.39 is 11.7 Å². The number of nitrogens with one attached hydrogen (secondary N) is 1. The molecular weight excluding hydrogens is 445 g/mol. The average Bonchev–Trinajstić information content (AvgIpc) is 3.38. The van der Waals surface area contributed by atoms with E-state index in [0.717, 1.165) is 56.3 Å². The van der Waals surface area contributed by atoms with Crippen molar-refractivity contribution >= 4 is 12.1 Å². The van der Waals surface area contributed by atoms with E-state index in [1.54, 1.807) is 18.5 Å². The maximum absolute atomic E-state index is 12.9. The van der Waals surface area contributed by atoms with Gasteiger partial charge in [-0.15, -0.1) is 0 Å². The minimum Gasteiger partial charge on any atom is -0.368 e. The van der Waals surface area contributed by atoms with Crippen LogP contribution in [0.3, 0.4) is 0 Å². The smallest absolute Gasteiger partial charge is 0.368 e. The van der Waals surface area contributed by atoms with Crippen LogP contribution in [0.1, 0.15) is 54.1 Å². The number of pyridine rings is 1. The second-order valence-electron chi connectivity index (χ2n) is 8.53. The van der Waals surface area contributed by atoms with E-state index in [1.807, 2.05) is 12.1 Å². The summed E-state index contributed by atoms with van der Waals surface area (Å²) in [5, 5.41) is 11.7. The van der Waals surface area contributed by atoms with Gasteiger partial charge in [0.15, 0.2) is 6.29 Å². The SMILES string of the molecule is CC[C@@]1(CNc2ccc(C(F)(F)F)cn2)CCCCN1Cc1cccc(C=O)c1-n1nccn1. The molecule has 0 radical (unpaired) electrons. The van der Waals surface area contributed by atoms with E-state index in [0.29, 0.717) is 30.2 Å². The molecule has 180 valence electrons.